The summed E-state index contributed by atoms with van der Waals surface area (Å²) in [6.07, 6.45) is 75.8. The van der Waals surface area contributed by atoms with Gasteiger partial charge in [-0.3, -0.25) is 18.6 Å². The van der Waals surface area contributed by atoms with Crippen molar-refractivity contribution in [1.29, 1.82) is 0 Å². The van der Waals surface area contributed by atoms with Crippen LogP contribution in [0.5, 0.6) is 0 Å². The number of rotatable bonds is 58. The van der Waals surface area contributed by atoms with Crippen molar-refractivity contribution < 1.29 is 37.3 Å². The van der Waals surface area contributed by atoms with E-state index in [1.54, 1.807) is 0 Å². The van der Waals surface area contributed by atoms with Gasteiger partial charge in [0, 0.05) is 12.8 Å². The second-order valence-electron chi connectivity index (χ2n) is 22.9. The fourth-order valence-electron chi connectivity index (χ4n) is 9.08. The zero-order chi connectivity index (χ0) is 57.2. The van der Waals surface area contributed by atoms with Gasteiger partial charge in [0.1, 0.15) is 19.3 Å². The number of nitrogens with zero attached hydrogens (tertiary/aromatic N) is 1. The summed E-state index contributed by atoms with van der Waals surface area (Å²) in [5, 5.41) is 3.05. The molecule has 452 valence electrons. The molecule has 0 aromatic carbocycles. The maximum Gasteiger partial charge on any atom is 0.472 e. The smallest absolute Gasteiger partial charge is 0.456 e. The third-order valence-corrected chi connectivity index (χ3v) is 15.1. The van der Waals surface area contributed by atoms with Gasteiger partial charge in [-0.1, -0.05) is 254 Å². The summed E-state index contributed by atoms with van der Waals surface area (Å²) in [5.74, 6) is -0.541. The minimum atomic E-state index is -4.46. The molecule has 0 saturated carbocycles. The molecule has 2 N–H and O–H groups in total. The predicted molar refractivity (Wildman–Crippen MR) is 337 cm³/mol. The molecule has 0 aliphatic heterocycles. The number of quaternary nitrogens is 1. The van der Waals surface area contributed by atoms with E-state index in [4.69, 9.17) is 13.8 Å². The van der Waals surface area contributed by atoms with Crippen LogP contribution < -0.4 is 5.32 Å². The Morgan fingerprint density at radius 3 is 1.26 bits per heavy atom. The Morgan fingerprint density at radius 1 is 0.462 bits per heavy atom. The lowest BCUT2D eigenvalue weighted by Crippen LogP contribution is -2.47. The van der Waals surface area contributed by atoms with Gasteiger partial charge in [-0.25, -0.2) is 4.57 Å². The molecule has 0 heterocycles. The number of hydrogen-bond acceptors (Lipinski definition) is 6. The number of phosphoric ester groups is 1. The summed E-state index contributed by atoms with van der Waals surface area (Å²) in [5.41, 5.74) is 0. The van der Waals surface area contributed by atoms with Crippen molar-refractivity contribution in [2.45, 2.75) is 296 Å². The van der Waals surface area contributed by atoms with Crippen LogP contribution in [0.3, 0.4) is 0 Å². The second-order valence-corrected chi connectivity index (χ2v) is 24.4. The molecule has 3 unspecified atom stereocenters. The first-order chi connectivity index (χ1) is 37.9. The van der Waals surface area contributed by atoms with Gasteiger partial charge in [0.05, 0.1) is 33.8 Å². The van der Waals surface area contributed by atoms with E-state index in [0.29, 0.717) is 23.9 Å². The number of likely N-dealkylation sites (N-methyl/N-ethyl adjacent to an activating group) is 1. The van der Waals surface area contributed by atoms with Gasteiger partial charge in [-0.05, 0) is 102 Å². The highest BCUT2D eigenvalue weighted by atomic mass is 31.2. The lowest BCUT2D eigenvalue weighted by Gasteiger charge is -2.27. The number of amides is 1. The molecule has 0 radical (unpaired) electrons. The van der Waals surface area contributed by atoms with E-state index in [1.165, 1.54) is 154 Å². The summed E-state index contributed by atoms with van der Waals surface area (Å²) >= 11 is 0. The van der Waals surface area contributed by atoms with Gasteiger partial charge in [-0.2, -0.15) is 0 Å². The molecule has 0 rings (SSSR count). The zero-order valence-electron chi connectivity index (χ0n) is 51.6. The van der Waals surface area contributed by atoms with Crippen LogP contribution in [0.2, 0.25) is 0 Å². The standard InChI is InChI=1S/C68H123N2O7P/c1-7-10-13-16-19-22-25-28-30-32-34-35-37-38-40-42-45-48-51-54-57-60-67(71)69-65(64-76-78(73,74)75-63-62-70(4,5)6)66(59-56-53-50-47-44-27-24-21-18-15-12-9-3)77-68(72)61-58-55-52-49-46-43-41-39-36-33-31-29-26-23-20-17-14-11-8-2/h11,14,20,23,28-31,36,39,43,46,56,59,65-66H,7-10,12-13,15-19,21-22,24-27,32-35,37-38,40-42,44-45,47-55,57-58,60-64H2,1-6H3,(H-,69,71,73,74)/p+1/b14-11-,23-20-,30-28+,31-29-,39-36-,46-43-,59-56+. The summed E-state index contributed by atoms with van der Waals surface area (Å²) < 4.78 is 30.7. The van der Waals surface area contributed by atoms with Crippen LogP contribution in [-0.2, 0) is 27.9 Å². The molecule has 3 atom stereocenters. The maximum absolute atomic E-state index is 13.6. The lowest BCUT2D eigenvalue weighted by molar-refractivity contribution is -0.870. The van der Waals surface area contributed by atoms with Crippen LogP contribution in [0.15, 0.2) is 85.1 Å². The zero-order valence-corrected chi connectivity index (χ0v) is 52.5. The monoisotopic (exact) mass is 1110 g/mol. The van der Waals surface area contributed by atoms with E-state index in [9.17, 15) is 19.0 Å². The Balaban J connectivity index is 5.25. The van der Waals surface area contributed by atoms with Crippen LogP contribution in [0.1, 0.15) is 284 Å². The number of unbranched alkanes of at least 4 members (excludes halogenated alkanes) is 30. The number of nitrogens with one attached hydrogen (secondary N) is 1. The summed E-state index contributed by atoms with van der Waals surface area (Å²) in [7, 11) is 1.47. The van der Waals surface area contributed by atoms with E-state index in [-0.39, 0.29) is 31.5 Å². The van der Waals surface area contributed by atoms with E-state index in [2.05, 4.69) is 99.0 Å². The lowest BCUT2D eigenvalue weighted by atomic mass is 10.0. The van der Waals surface area contributed by atoms with Crippen molar-refractivity contribution >= 4 is 19.7 Å². The molecule has 78 heavy (non-hydrogen) atoms. The summed E-state index contributed by atoms with van der Waals surface area (Å²) in [6, 6.07) is -0.866. The van der Waals surface area contributed by atoms with Crippen molar-refractivity contribution in [2.24, 2.45) is 0 Å². The van der Waals surface area contributed by atoms with Gasteiger partial charge >= 0.3 is 13.8 Å². The van der Waals surface area contributed by atoms with Gasteiger partial charge < -0.3 is 19.4 Å². The number of carbonyl (C=O) groups is 2. The maximum atomic E-state index is 13.6. The molecule has 0 aromatic heterocycles. The third kappa shape index (κ3) is 57.9. The number of carbonyl (C=O) groups excluding carboxylic acids is 2. The van der Waals surface area contributed by atoms with Crippen LogP contribution in [0.4, 0.5) is 0 Å². The van der Waals surface area contributed by atoms with E-state index >= 15 is 0 Å². The van der Waals surface area contributed by atoms with Crippen LogP contribution >= 0.6 is 7.82 Å². The first kappa shape index (κ1) is 75.2. The number of hydrogen-bond donors (Lipinski definition) is 2. The largest absolute Gasteiger partial charge is 0.472 e. The van der Waals surface area contributed by atoms with Crippen molar-refractivity contribution in [2.75, 3.05) is 40.9 Å². The second kappa shape index (κ2) is 57.4. The van der Waals surface area contributed by atoms with Crippen LogP contribution in [-0.4, -0.2) is 74.3 Å². The Labute approximate surface area is 482 Å². The van der Waals surface area contributed by atoms with Gasteiger partial charge in [0.15, 0.2) is 0 Å². The quantitative estimate of drug-likeness (QED) is 0.0205. The number of esters is 1. The molecular weight excluding hydrogens is 988 g/mol. The number of phosphoric acid groups is 1. The minimum Gasteiger partial charge on any atom is -0.456 e. The molecular formula is C68H124N2O7P+. The topological polar surface area (TPSA) is 111 Å². The van der Waals surface area contributed by atoms with Gasteiger partial charge in [-0.15, -0.1) is 0 Å². The van der Waals surface area contributed by atoms with E-state index in [0.717, 1.165) is 89.9 Å². The fraction of sp³-hybridized carbons (Fsp3) is 0.765. The minimum absolute atomic E-state index is 0.0318. The molecule has 0 fully saturated rings. The highest BCUT2D eigenvalue weighted by molar-refractivity contribution is 7.47. The predicted octanol–water partition coefficient (Wildman–Crippen LogP) is 20.2. The number of ether oxygens (including phenoxy) is 1. The molecule has 0 bridgehead atoms. The Kier molecular flexibility index (Phi) is 55.4. The Bertz CT molecular complexity index is 1610. The molecule has 0 aliphatic carbocycles. The van der Waals surface area contributed by atoms with Crippen LogP contribution in [0.25, 0.3) is 0 Å². The van der Waals surface area contributed by atoms with Crippen molar-refractivity contribution in [3.8, 4) is 0 Å². The highest BCUT2D eigenvalue weighted by Crippen LogP contribution is 2.43. The molecule has 9 nitrogen and oxygen atoms in total. The average molecular weight is 1110 g/mol. The normalized spacial score (nSPS) is 14.2. The number of allylic oxidation sites excluding steroid dienone is 13. The molecule has 0 saturated heterocycles. The molecule has 1 amide bonds. The average Bonchev–Trinajstić information content (AvgIpc) is 3.40. The first-order valence-electron chi connectivity index (χ1n) is 32.4. The molecule has 0 aromatic rings. The molecule has 0 spiro atoms. The molecule has 0 aliphatic rings. The Morgan fingerprint density at radius 2 is 0.821 bits per heavy atom. The van der Waals surface area contributed by atoms with Crippen molar-refractivity contribution in [1.82, 2.24) is 5.32 Å². The summed E-state index contributed by atoms with van der Waals surface area (Å²) in [6.45, 7) is 6.88. The van der Waals surface area contributed by atoms with Gasteiger partial charge in [0.25, 0.3) is 0 Å². The fourth-order valence-corrected chi connectivity index (χ4v) is 9.82. The van der Waals surface area contributed by atoms with Crippen LogP contribution in [0, 0.1) is 0 Å². The van der Waals surface area contributed by atoms with Gasteiger partial charge in [0.2, 0.25) is 5.91 Å². The first-order valence-corrected chi connectivity index (χ1v) is 33.9. The van der Waals surface area contributed by atoms with Crippen molar-refractivity contribution in [3.63, 3.8) is 0 Å². The SMILES string of the molecule is CC/C=C\C/C=C\C/C=C\C/C=C\C/C=C\CCCCCC(=O)OC(/C=C/CCCCCCCCCCCC)C(COP(=O)(O)OCC[N+](C)(C)C)NC(=O)CCCCCCCCCCCCC/C=C/CCCCCCCC. The highest BCUT2D eigenvalue weighted by Gasteiger charge is 2.30. The van der Waals surface area contributed by atoms with E-state index < -0.39 is 20.0 Å². The molecule has 10 heteroatoms. The Hall–Kier alpha value is -2.81. The summed E-state index contributed by atoms with van der Waals surface area (Å²) in [4.78, 5) is 37.8. The third-order valence-electron chi connectivity index (χ3n) is 14.1. The van der Waals surface area contributed by atoms with E-state index in [1.807, 2.05) is 33.3 Å². The van der Waals surface area contributed by atoms with Crippen molar-refractivity contribution in [3.05, 3.63) is 85.1 Å².